The van der Waals surface area contributed by atoms with E-state index in [0.717, 1.165) is 18.2 Å². The summed E-state index contributed by atoms with van der Waals surface area (Å²) in [5.41, 5.74) is 5.49. The van der Waals surface area contributed by atoms with Gasteiger partial charge in [0.15, 0.2) is 0 Å². The maximum absolute atomic E-state index is 8.49. The Morgan fingerprint density at radius 2 is 2.53 bits per heavy atom. The van der Waals surface area contributed by atoms with Crippen LogP contribution >= 0.6 is 11.8 Å². The Labute approximate surface area is 95.7 Å². The molecule has 1 rings (SSSR count). The predicted octanol–water partition coefficient (Wildman–Crippen LogP) is 1.39. The van der Waals surface area contributed by atoms with Crippen molar-refractivity contribution in [3.63, 3.8) is 0 Å². The van der Waals surface area contributed by atoms with Gasteiger partial charge in [0.2, 0.25) is 0 Å². The topological polar surface area (TPSA) is 70.6 Å². The van der Waals surface area contributed by atoms with Crippen molar-refractivity contribution in [2.24, 2.45) is 10.9 Å². The predicted molar refractivity (Wildman–Crippen MR) is 65.6 cm³/mol. The van der Waals surface area contributed by atoms with Gasteiger partial charge in [-0.05, 0) is 25.0 Å². The van der Waals surface area contributed by atoms with Crippen LogP contribution in [0.5, 0.6) is 0 Å². The molecule has 0 bridgehead atoms. The van der Waals surface area contributed by atoms with E-state index in [-0.39, 0.29) is 0 Å². The normalized spacial score (nSPS) is 24.3. The van der Waals surface area contributed by atoms with E-state index in [2.05, 4.69) is 17.4 Å². The third-order valence-electron chi connectivity index (χ3n) is 2.73. The molecule has 0 amide bonds. The molecule has 0 saturated carbocycles. The second kappa shape index (κ2) is 6.95. The van der Waals surface area contributed by atoms with Gasteiger partial charge in [0.05, 0.1) is 0 Å². The fourth-order valence-electron chi connectivity index (χ4n) is 1.76. The molecule has 0 radical (unpaired) electrons. The Morgan fingerprint density at radius 3 is 3.07 bits per heavy atom. The lowest BCUT2D eigenvalue weighted by atomic mass is 10.1. The smallest absolute Gasteiger partial charge is 0.140 e. The third kappa shape index (κ3) is 4.75. The van der Waals surface area contributed by atoms with Crippen LogP contribution in [-0.2, 0) is 0 Å². The molecule has 88 valence electrons. The second-order valence-electron chi connectivity index (χ2n) is 3.94. The summed E-state index contributed by atoms with van der Waals surface area (Å²) < 4.78 is 0. The van der Waals surface area contributed by atoms with E-state index < -0.39 is 0 Å². The van der Waals surface area contributed by atoms with Crippen LogP contribution < -0.4 is 11.1 Å². The molecule has 4 N–H and O–H groups in total. The molecule has 1 aliphatic rings. The zero-order valence-corrected chi connectivity index (χ0v) is 10.1. The molecule has 2 unspecified atom stereocenters. The van der Waals surface area contributed by atoms with Crippen LogP contribution in [0, 0.1) is 0 Å². The van der Waals surface area contributed by atoms with Crippen molar-refractivity contribution in [3.05, 3.63) is 0 Å². The third-order valence-corrected chi connectivity index (χ3v) is 4.13. The van der Waals surface area contributed by atoms with E-state index in [9.17, 15) is 0 Å². The fourth-order valence-corrected chi connectivity index (χ4v) is 2.97. The first-order valence-electron chi connectivity index (χ1n) is 5.57. The van der Waals surface area contributed by atoms with Gasteiger partial charge in [0.1, 0.15) is 5.84 Å². The highest BCUT2D eigenvalue weighted by atomic mass is 32.2. The lowest BCUT2D eigenvalue weighted by Crippen LogP contribution is -2.36. The van der Waals surface area contributed by atoms with E-state index >= 15 is 0 Å². The van der Waals surface area contributed by atoms with Crippen molar-refractivity contribution in [3.8, 4) is 0 Å². The first-order valence-corrected chi connectivity index (χ1v) is 6.62. The molecule has 15 heavy (non-hydrogen) atoms. The Balaban J connectivity index is 2.20. The van der Waals surface area contributed by atoms with Crippen LogP contribution in [0.1, 0.15) is 32.6 Å². The molecule has 5 heteroatoms. The number of hydrogen-bond donors (Lipinski definition) is 3. The summed E-state index contributed by atoms with van der Waals surface area (Å²) in [5, 5.41) is 15.7. The van der Waals surface area contributed by atoms with Crippen molar-refractivity contribution >= 4 is 17.6 Å². The van der Waals surface area contributed by atoms with Gasteiger partial charge in [-0.3, -0.25) is 0 Å². The monoisotopic (exact) mass is 231 g/mol. The van der Waals surface area contributed by atoms with Gasteiger partial charge in [-0.25, -0.2) is 0 Å². The van der Waals surface area contributed by atoms with Crippen molar-refractivity contribution in [1.29, 1.82) is 0 Å². The standard InChI is InChI=1S/C10H21N3OS/c1-2-8(6-10(11)13-14)12-7-9-4-3-5-15-9/h8-9,12,14H,2-7H2,1H3,(H2,11,13). The number of nitrogens with zero attached hydrogens (tertiary/aromatic N) is 1. The number of rotatable bonds is 6. The number of nitrogens with one attached hydrogen (secondary N) is 1. The molecule has 1 aliphatic heterocycles. The van der Waals surface area contributed by atoms with Crippen LogP contribution in [0.25, 0.3) is 0 Å². The maximum atomic E-state index is 8.49. The SMILES string of the molecule is CCC(CC(N)=NO)NCC1CCCS1. The van der Waals surface area contributed by atoms with Crippen LogP contribution in [0.15, 0.2) is 5.16 Å². The van der Waals surface area contributed by atoms with E-state index in [1.807, 2.05) is 11.8 Å². The minimum Gasteiger partial charge on any atom is -0.409 e. The Bertz CT molecular complexity index is 205. The quantitative estimate of drug-likeness (QED) is 0.279. The van der Waals surface area contributed by atoms with E-state index in [1.165, 1.54) is 18.6 Å². The molecule has 4 nitrogen and oxygen atoms in total. The molecule has 2 atom stereocenters. The van der Waals surface area contributed by atoms with Crippen LogP contribution in [0.4, 0.5) is 0 Å². The number of hydrogen-bond acceptors (Lipinski definition) is 4. The Hall–Kier alpha value is -0.420. The highest BCUT2D eigenvalue weighted by Crippen LogP contribution is 2.25. The summed E-state index contributed by atoms with van der Waals surface area (Å²) >= 11 is 2.05. The summed E-state index contributed by atoms with van der Waals surface area (Å²) in [6.07, 6.45) is 4.30. The lowest BCUT2D eigenvalue weighted by Gasteiger charge is -2.18. The minimum atomic E-state index is 0.313. The average Bonchev–Trinajstić information content (AvgIpc) is 2.76. The van der Waals surface area contributed by atoms with Crippen molar-refractivity contribution < 1.29 is 5.21 Å². The van der Waals surface area contributed by atoms with E-state index in [1.54, 1.807) is 0 Å². The second-order valence-corrected chi connectivity index (χ2v) is 5.35. The van der Waals surface area contributed by atoms with Crippen LogP contribution in [0.3, 0.4) is 0 Å². The molecule has 0 aromatic rings. The Kier molecular flexibility index (Phi) is 5.86. The molecule has 0 aliphatic carbocycles. The van der Waals surface area contributed by atoms with Crippen molar-refractivity contribution in [2.75, 3.05) is 12.3 Å². The summed E-state index contributed by atoms with van der Waals surface area (Å²) in [6, 6.07) is 0.335. The number of nitrogens with two attached hydrogens (primary N) is 1. The van der Waals surface area contributed by atoms with Crippen LogP contribution in [0.2, 0.25) is 0 Å². The molecule has 1 fully saturated rings. The van der Waals surface area contributed by atoms with Crippen molar-refractivity contribution in [2.45, 2.75) is 43.9 Å². The van der Waals surface area contributed by atoms with Gasteiger partial charge in [-0.15, -0.1) is 0 Å². The van der Waals surface area contributed by atoms with Crippen LogP contribution in [-0.4, -0.2) is 34.6 Å². The zero-order chi connectivity index (χ0) is 11.1. The average molecular weight is 231 g/mol. The van der Waals surface area contributed by atoms with Gasteiger partial charge in [0.25, 0.3) is 0 Å². The van der Waals surface area contributed by atoms with E-state index in [4.69, 9.17) is 10.9 Å². The van der Waals surface area contributed by atoms with Gasteiger partial charge in [-0.1, -0.05) is 12.1 Å². The van der Waals surface area contributed by atoms with Gasteiger partial charge < -0.3 is 16.3 Å². The number of amidine groups is 1. The van der Waals surface area contributed by atoms with Crippen molar-refractivity contribution in [1.82, 2.24) is 5.32 Å². The molecule has 0 aromatic heterocycles. The summed E-state index contributed by atoms with van der Waals surface area (Å²) in [6.45, 7) is 3.16. The molecule has 0 aromatic carbocycles. The van der Waals surface area contributed by atoms with Gasteiger partial charge in [-0.2, -0.15) is 11.8 Å². The number of thioether (sulfide) groups is 1. The largest absolute Gasteiger partial charge is 0.409 e. The van der Waals surface area contributed by atoms with E-state index in [0.29, 0.717) is 18.3 Å². The molecule has 1 saturated heterocycles. The van der Waals surface area contributed by atoms with Gasteiger partial charge in [0, 0.05) is 24.3 Å². The summed E-state index contributed by atoms with van der Waals surface area (Å²) in [7, 11) is 0. The first kappa shape index (κ1) is 12.6. The number of oxime groups is 1. The summed E-state index contributed by atoms with van der Waals surface area (Å²) in [5.74, 6) is 1.61. The maximum Gasteiger partial charge on any atom is 0.140 e. The molecular formula is C10H21N3OS. The fraction of sp³-hybridized carbons (Fsp3) is 0.900. The molecular weight excluding hydrogens is 210 g/mol. The lowest BCUT2D eigenvalue weighted by molar-refractivity contribution is 0.315. The molecule has 1 heterocycles. The molecule has 0 spiro atoms. The zero-order valence-electron chi connectivity index (χ0n) is 9.28. The first-order chi connectivity index (χ1) is 7.26. The highest BCUT2D eigenvalue weighted by Gasteiger charge is 2.17. The Morgan fingerprint density at radius 1 is 1.73 bits per heavy atom. The van der Waals surface area contributed by atoms with Gasteiger partial charge >= 0.3 is 0 Å². The highest BCUT2D eigenvalue weighted by molar-refractivity contribution is 8.00. The minimum absolute atomic E-state index is 0.313. The summed E-state index contributed by atoms with van der Waals surface area (Å²) in [4.78, 5) is 0.